The number of amides is 2. The molecular weight excluding hydrogens is 386 g/mol. The van der Waals surface area contributed by atoms with Crippen molar-refractivity contribution in [2.45, 2.75) is 13.5 Å². The highest BCUT2D eigenvalue weighted by molar-refractivity contribution is 6.06. The second-order valence-electron chi connectivity index (χ2n) is 7.34. The number of fused-ring (bicyclic) bond motifs is 1. The van der Waals surface area contributed by atoms with Gasteiger partial charge < -0.3 is 15.6 Å². The maximum atomic E-state index is 13.0. The van der Waals surface area contributed by atoms with Crippen LogP contribution in [0.1, 0.15) is 27.0 Å². The monoisotopic (exact) mass is 409 g/mol. The summed E-state index contributed by atoms with van der Waals surface area (Å²) < 4.78 is 0. The maximum Gasteiger partial charge on any atom is 0.268 e. The standard InChI is InChI=1S/C26H23N3O2/c1-18-11-13-19(14-12-18)16-28-26(31)24(29-25(30)20-7-3-2-4-8-20)15-21-17-27-23-10-6-5-9-22(21)23/h2-15,17,27H,16H2,1H3,(H,28,31)(H,29,30)/b24-15+. The average Bonchev–Trinajstić information content (AvgIpc) is 3.21. The van der Waals surface area contributed by atoms with Crippen molar-refractivity contribution in [1.29, 1.82) is 0 Å². The number of hydrogen-bond donors (Lipinski definition) is 3. The summed E-state index contributed by atoms with van der Waals surface area (Å²) in [4.78, 5) is 28.9. The molecule has 0 unspecified atom stereocenters. The summed E-state index contributed by atoms with van der Waals surface area (Å²) in [6.45, 7) is 2.38. The smallest absolute Gasteiger partial charge is 0.268 e. The molecule has 4 rings (SSSR count). The van der Waals surface area contributed by atoms with Crippen molar-refractivity contribution >= 4 is 28.8 Å². The summed E-state index contributed by atoms with van der Waals surface area (Å²) in [5, 5.41) is 6.65. The highest BCUT2D eigenvalue weighted by Crippen LogP contribution is 2.20. The number of aryl methyl sites for hydroxylation is 1. The predicted molar refractivity (Wildman–Crippen MR) is 123 cm³/mol. The molecule has 0 saturated heterocycles. The fourth-order valence-electron chi connectivity index (χ4n) is 3.29. The van der Waals surface area contributed by atoms with Gasteiger partial charge in [0.25, 0.3) is 11.8 Å². The van der Waals surface area contributed by atoms with Crippen LogP contribution in [0.2, 0.25) is 0 Å². The van der Waals surface area contributed by atoms with Crippen molar-refractivity contribution in [2.75, 3.05) is 0 Å². The number of H-pyrrole nitrogens is 1. The molecule has 0 aliphatic heterocycles. The van der Waals surface area contributed by atoms with E-state index in [-0.39, 0.29) is 17.5 Å². The maximum absolute atomic E-state index is 13.0. The fourth-order valence-corrected chi connectivity index (χ4v) is 3.29. The number of hydrogen-bond acceptors (Lipinski definition) is 2. The number of rotatable bonds is 6. The van der Waals surface area contributed by atoms with Gasteiger partial charge in [-0.05, 0) is 36.8 Å². The number of carbonyl (C=O) groups excluding carboxylic acids is 2. The van der Waals surface area contributed by atoms with Crippen LogP contribution in [0.3, 0.4) is 0 Å². The lowest BCUT2D eigenvalue weighted by Crippen LogP contribution is -2.34. The van der Waals surface area contributed by atoms with Gasteiger partial charge in [0.05, 0.1) is 0 Å². The molecule has 2 amide bonds. The molecule has 0 fully saturated rings. The van der Waals surface area contributed by atoms with Crippen LogP contribution in [0.15, 0.2) is 90.8 Å². The van der Waals surface area contributed by atoms with Crippen LogP contribution in [0, 0.1) is 6.92 Å². The van der Waals surface area contributed by atoms with Crippen molar-refractivity contribution in [1.82, 2.24) is 15.6 Å². The summed E-state index contributed by atoms with van der Waals surface area (Å²) in [5.74, 6) is -0.688. The van der Waals surface area contributed by atoms with Gasteiger partial charge in [-0.15, -0.1) is 0 Å². The van der Waals surface area contributed by atoms with Crippen LogP contribution in [-0.4, -0.2) is 16.8 Å². The third kappa shape index (κ3) is 4.90. The van der Waals surface area contributed by atoms with Crippen LogP contribution in [0.4, 0.5) is 0 Å². The highest BCUT2D eigenvalue weighted by Gasteiger charge is 2.15. The summed E-state index contributed by atoms with van der Waals surface area (Å²) in [6, 6.07) is 24.6. The lowest BCUT2D eigenvalue weighted by Gasteiger charge is -2.11. The Balaban J connectivity index is 1.60. The van der Waals surface area contributed by atoms with Crippen LogP contribution in [-0.2, 0) is 11.3 Å². The predicted octanol–water partition coefficient (Wildman–Crippen LogP) is 4.56. The lowest BCUT2D eigenvalue weighted by molar-refractivity contribution is -0.117. The van der Waals surface area contributed by atoms with E-state index < -0.39 is 0 Å². The van der Waals surface area contributed by atoms with E-state index in [0.29, 0.717) is 12.1 Å². The van der Waals surface area contributed by atoms with Crippen molar-refractivity contribution in [3.63, 3.8) is 0 Å². The Morgan fingerprint density at radius 2 is 1.61 bits per heavy atom. The van der Waals surface area contributed by atoms with Crippen molar-refractivity contribution in [2.24, 2.45) is 0 Å². The van der Waals surface area contributed by atoms with E-state index in [1.807, 2.05) is 67.7 Å². The fraction of sp³-hybridized carbons (Fsp3) is 0.0769. The number of para-hydroxylation sites is 1. The quantitative estimate of drug-likeness (QED) is 0.408. The zero-order valence-corrected chi connectivity index (χ0v) is 17.2. The Bertz CT molecular complexity index is 1240. The average molecular weight is 409 g/mol. The highest BCUT2D eigenvalue weighted by atomic mass is 16.2. The van der Waals surface area contributed by atoms with E-state index in [9.17, 15) is 9.59 Å². The Labute approximate surface area is 180 Å². The normalized spacial score (nSPS) is 11.3. The number of aromatic nitrogens is 1. The largest absolute Gasteiger partial charge is 0.361 e. The van der Waals surface area contributed by atoms with Crippen LogP contribution >= 0.6 is 0 Å². The molecule has 0 radical (unpaired) electrons. The zero-order valence-electron chi connectivity index (χ0n) is 17.2. The minimum absolute atomic E-state index is 0.186. The molecule has 31 heavy (non-hydrogen) atoms. The topological polar surface area (TPSA) is 74.0 Å². The van der Waals surface area contributed by atoms with Gasteiger partial charge in [-0.1, -0.05) is 66.2 Å². The molecule has 0 bridgehead atoms. The van der Waals surface area contributed by atoms with E-state index in [0.717, 1.165) is 27.6 Å². The zero-order chi connectivity index (χ0) is 21.6. The van der Waals surface area contributed by atoms with E-state index >= 15 is 0 Å². The number of benzene rings is 3. The Hall–Kier alpha value is -4.12. The molecule has 0 saturated carbocycles. The van der Waals surface area contributed by atoms with Crippen molar-refractivity contribution in [3.05, 3.63) is 113 Å². The molecule has 1 aromatic heterocycles. The van der Waals surface area contributed by atoms with E-state index in [2.05, 4.69) is 15.6 Å². The van der Waals surface area contributed by atoms with Crippen LogP contribution in [0.25, 0.3) is 17.0 Å². The molecule has 5 nitrogen and oxygen atoms in total. The summed E-state index contributed by atoms with van der Waals surface area (Å²) >= 11 is 0. The van der Waals surface area contributed by atoms with E-state index in [1.54, 1.807) is 30.3 Å². The molecule has 3 aromatic carbocycles. The summed E-state index contributed by atoms with van der Waals surface area (Å²) in [6.07, 6.45) is 3.52. The first-order valence-electron chi connectivity index (χ1n) is 10.1. The third-order valence-corrected chi connectivity index (χ3v) is 5.02. The third-order valence-electron chi connectivity index (χ3n) is 5.02. The first-order chi connectivity index (χ1) is 15.1. The van der Waals surface area contributed by atoms with Crippen LogP contribution in [0.5, 0.6) is 0 Å². The lowest BCUT2D eigenvalue weighted by atomic mass is 10.1. The van der Waals surface area contributed by atoms with Crippen molar-refractivity contribution in [3.8, 4) is 0 Å². The second kappa shape index (κ2) is 9.13. The van der Waals surface area contributed by atoms with Crippen molar-refractivity contribution < 1.29 is 9.59 Å². The number of aromatic amines is 1. The number of nitrogens with one attached hydrogen (secondary N) is 3. The van der Waals surface area contributed by atoms with Gasteiger partial charge >= 0.3 is 0 Å². The second-order valence-corrected chi connectivity index (χ2v) is 7.34. The molecule has 0 aliphatic rings. The van der Waals surface area contributed by atoms with E-state index in [1.165, 1.54) is 0 Å². The first kappa shape index (κ1) is 20.2. The molecular formula is C26H23N3O2. The van der Waals surface area contributed by atoms with Gasteiger partial charge in [-0.3, -0.25) is 9.59 Å². The first-order valence-corrected chi connectivity index (χ1v) is 10.1. The molecule has 0 atom stereocenters. The number of carbonyl (C=O) groups is 2. The van der Waals surface area contributed by atoms with E-state index in [4.69, 9.17) is 0 Å². The molecule has 3 N–H and O–H groups in total. The Morgan fingerprint density at radius 1 is 0.903 bits per heavy atom. The molecule has 0 aliphatic carbocycles. The molecule has 154 valence electrons. The summed E-state index contributed by atoms with van der Waals surface area (Å²) in [7, 11) is 0. The SMILES string of the molecule is Cc1ccc(CNC(=O)/C(=C\c2c[nH]c3ccccc23)NC(=O)c2ccccc2)cc1. The Morgan fingerprint density at radius 3 is 2.39 bits per heavy atom. The minimum atomic E-state index is -0.352. The summed E-state index contributed by atoms with van der Waals surface area (Å²) in [5.41, 5.74) is 4.60. The molecule has 4 aromatic rings. The molecule has 5 heteroatoms. The van der Waals surface area contributed by atoms with Gasteiger partial charge in [0.15, 0.2) is 0 Å². The minimum Gasteiger partial charge on any atom is -0.361 e. The molecule has 1 heterocycles. The van der Waals surface area contributed by atoms with Gasteiger partial charge in [0.2, 0.25) is 0 Å². The Kier molecular flexibility index (Phi) is 5.94. The van der Waals surface area contributed by atoms with Gasteiger partial charge in [0, 0.05) is 34.8 Å². The van der Waals surface area contributed by atoms with Gasteiger partial charge in [-0.2, -0.15) is 0 Å². The van der Waals surface area contributed by atoms with Gasteiger partial charge in [-0.25, -0.2) is 0 Å². The van der Waals surface area contributed by atoms with Gasteiger partial charge in [0.1, 0.15) is 5.70 Å². The molecule has 0 spiro atoms. The van der Waals surface area contributed by atoms with Crippen LogP contribution < -0.4 is 10.6 Å².